The minimum Gasteiger partial charge on any atom is -0.481 e. The van der Waals surface area contributed by atoms with Gasteiger partial charge in [-0.3, -0.25) is 4.79 Å². The third-order valence-corrected chi connectivity index (χ3v) is 3.86. The van der Waals surface area contributed by atoms with Crippen molar-refractivity contribution in [1.29, 1.82) is 0 Å². The first kappa shape index (κ1) is 10.5. The Balaban J connectivity index is 2.82. The fraction of sp³-hybridized carbons (Fsp3) is 0.900. The number of carboxylic acid groups (broad SMARTS) is 1. The molecule has 1 rings (SSSR count). The standard InChI is InChI=1S/C10H19NO2/c1-7-3-4-8(2)10(7,6-11)5-9(12)13/h7-8H,3-6,11H2,1-2H3,(H,12,13)/t7-,8+,10-. The second-order valence-electron chi connectivity index (χ2n) is 4.39. The van der Waals surface area contributed by atoms with Gasteiger partial charge in [-0.2, -0.15) is 0 Å². The molecule has 0 aliphatic heterocycles. The lowest BCUT2D eigenvalue weighted by Gasteiger charge is -2.35. The highest BCUT2D eigenvalue weighted by molar-refractivity contribution is 5.68. The van der Waals surface area contributed by atoms with Crippen LogP contribution in [-0.4, -0.2) is 17.6 Å². The van der Waals surface area contributed by atoms with Gasteiger partial charge in [0, 0.05) is 0 Å². The molecule has 3 atom stereocenters. The molecule has 76 valence electrons. The number of nitrogens with two attached hydrogens (primary N) is 1. The van der Waals surface area contributed by atoms with Crippen molar-refractivity contribution < 1.29 is 9.90 Å². The molecular formula is C10H19NO2. The molecule has 1 fully saturated rings. The molecule has 0 saturated heterocycles. The normalized spacial score (nSPS) is 39.3. The summed E-state index contributed by atoms with van der Waals surface area (Å²) in [5.41, 5.74) is 5.59. The summed E-state index contributed by atoms with van der Waals surface area (Å²) >= 11 is 0. The minimum absolute atomic E-state index is 0.147. The second-order valence-corrected chi connectivity index (χ2v) is 4.39. The summed E-state index contributed by atoms with van der Waals surface area (Å²) in [7, 11) is 0. The van der Waals surface area contributed by atoms with Crippen molar-refractivity contribution in [3.05, 3.63) is 0 Å². The van der Waals surface area contributed by atoms with E-state index in [1.54, 1.807) is 0 Å². The van der Waals surface area contributed by atoms with E-state index in [0.29, 0.717) is 18.4 Å². The van der Waals surface area contributed by atoms with Gasteiger partial charge in [-0.05, 0) is 36.6 Å². The van der Waals surface area contributed by atoms with Gasteiger partial charge in [0.05, 0.1) is 6.42 Å². The van der Waals surface area contributed by atoms with Crippen molar-refractivity contribution in [1.82, 2.24) is 0 Å². The fourth-order valence-electron chi connectivity index (χ4n) is 2.67. The topological polar surface area (TPSA) is 63.3 Å². The van der Waals surface area contributed by atoms with Crippen molar-refractivity contribution in [2.45, 2.75) is 33.1 Å². The zero-order valence-corrected chi connectivity index (χ0v) is 8.42. The van der Waals surface area contributed by atoms with E-state index in [2.05, 4.69) is 13.8 Å². The molecule has 13 heavy (non-hydrogen) atoms. The quantitative estimate of drug-likeness (QED) is 0.700. The zero-order chi connectivity index (χ0) is 10.1. The van der Waals surface area contributed by atoms with E-state index in [1.807, 2.05) is 0 Å². The van der Waals surface area contributed by atoms with E-state index < -0.39 is 5.97 Å². The van der Waals surface area contributed by atoms with Crippen molar-refractivity contribution in [2.24, 2.45) is 23.0 Å². The lowest BCUT2D eigenvalue weighted by molar-refractivity contribution is -0.141. The van der Waals surface area contributed by atoms with Gasteiger partial charge in [-0.1, -0.05) is 13.8 Å². The number of rotatable bonds is 3. The molecule has 0 bridgehead atoms. The van der Waals surface area contributed by atoms with Gasteiger partial charge in [0.2, 0.25) is 0 Å². The van der Waals surface area contributed by atoms with E-state index >= 15 is 0 Å². The average molecular weight is 185 g/mol. The van der Waals surface area contributed by atoms with Crippen LogP contribution >= 0.6 is 0 Å². The highest BCUT2D eigenvalue weighted by atomic mass is 16.4. The largest absolute Gasteiger partial charge is 0.481 e. The Kier molecular flexibility index (Phi) is 2.96. The smallest absolute Gasteiger partial charge is 0.303 e. The van der Waals surface area contributed by atoms with Crippen LogP contribution in [0.5, 0.6) is 0 Å². The molecule has 0 radical (unpaired) electrons. The first-order valence-corrected chi connectivity index (χ1v) is 4.95. The molecule has 1 aliphatic carbocycles. The minimum atomic E-state index is -0.717. The van der Waals surface area contributed by atoms with Gasteiger partial charge in [-0.25, -0.2) is 0 Å². The van der Waals surface area contributed by atoms with Crippen LogP contribution in [0.15, 0.2) is 0 Å². The Morgan fingerprint density at radius 3 is 2.23 bits per heavy atom. The van der Waals surface area contributed by atoms with Crippen LogP contribution in [0.3, 0.4) is 0 Å². The monoisotopic (exact) mass is 185 g/mol. The van der Waals surface area contributed by atoms with Crippen LogP contribution in [-0.2, 0) is 4.79 Å². The summed E-state index contributed by atoms with van der Waals surface area (Å²) in [6.45, 7) is 4.75. The maximum atomic E-state index is 10.8. The van der Waals surface area contributed by atoms with E-state index in [1.165, 1.54) is 0 Å². The Morgan fingerprint density at radius 2 is 1.92 bits per heavy atom. The molecule has 0 aromatic rings. The first-order chi connectivity index (χ1) is 6.03. The summed E-state index contributed by atoms with van der Waals surface area (Å²) in [6, 6.07) is 0. The number of carboxylic acids is 1. The van der Waals surface area contributed by atoms with E-state index in [-0.39, 0.29) is 11.8 Å². The lowest BCUT2D eigenvalue weighted by atomic mass is 9.71. The summed E-state index contributed by atoms with van der Waals surface area (Å²) in [5.74, 6) is 0.179. The zero-order valence-electron chi connectivity index (χ0n) is 8.42. The van der Waals surface area contributed by atoms with Crippen molar-refractivity contribution in [2.75, 3.05) is 6.54 Å². The number of hydrogen-bond donors (Lipinski definition) is 2. The molecule has 0 heterocycles. The first-order valence-electron chi connectivity index (χ1n) is 4.95. The molecule has 3 N–H and O–H groups in total. The predicted octanol–water partition coefficient (Wildman–Crippen LogP) is 1.47. The average Bonchev–Trinajstić information content (AvgIpc) is 2.32. The van der Waals surface area contributed by atoms with Gasteiger partial charge >= 0.3 is 5.97 Å². The van der Waals surface area contributed by atoms with Crippen molar-refractivity contribution in [3.63, 3.8) is 0 Å². The molecule has 3 nitrogen and oxygen atoms in total. The Hall–Kier alpha value is -0.570. The SMILES string of the molecule is C[C@@H]1CC[C@H](C)[C@@]1(CN)CC(=O)O. The maximum Gasteiger partial charge on any atom is 0.303 e. The molecule has 3 heteroatoms. The molecular weight excluding hydrogens is 166 g/mol. The highest BCUT2D eigenvalue weighted by Crippen LogP contribution is 2.49. The molecule has 0 aromatic carbocycles. The molecule has 0 spiro atoms. The third-order valence-electron chi connectivity index (χ3n) is 3.86. The van der Waals surface area contributed by atoms with Crippen LogP contribution in [0.4, 0.5) is 0 Å². The molecule has 0 amide bonds. The van der Waals surface area contributed by atoms with Gasteiger partial charge in [0.1, 0.15) is 0 Å². The van der Waals surface area contributed by atoms with Gasteiger partial charge in [0.25, 0.3) is 0 Å². The predicted molar refractivity (Wildman–Crippen MR) is 51.3 cm³/mol. The summed E-state index contributed by atoms with van der Waals surface area (Å²) in [4.78, 5) is 10.8. The van der Waals surface area contributed by atoms with Crippen molar-refractivity contribution in [3.8, 4) is 0 Å². The van der Waals surface area contributed by atoms with Gasteiger partial charge < -0.3 is 10.8 Å². The van der Waals surface area contributed by atoms with E-state index in [4.69, 9.17) is 10.8 Å². The highest BCUT2D eigenvalue weighted by Gasteiger charge is 2.45. The Labute approximate surface area is 79.3 Å². The van der Waals surface area contributed by atoms with Crippen LogP contribution < -0.4 is 5.73 Å². The number of aliphatic carboxylic acids is 1. The fourth-order valence-corrected chi connectivity index (χ4v) is 2.67. The van der Waals surface area contributed by atoms with E-state index in [0.717, 1.165) is 12.8 Å². The van der Waals surface area contributed by atoms with Crippen LogP contribution in [0, 0.1) is 17.3 Å². The molecule has 0 unspecified atom stereocenters. The molecule has 0 aromatic heterocycles. The second kappa shape index (κ2) is 3.66. The molecule has 1 saturated carbocycles. The van der Waals surface area contributed by atoms with Crippen LogP contribution in [0.2, 0.25) is 0 Å². The van der Waals surface area contributed by atoms with Crippen LogP contribution in [0.25, 0.3) is 0 Å². The summed E-state index contributed by atoms with van der Waals surface area (Å²) in [6.07, 6.45) is 2.46. The maximum absolute atomic E-state index is 10.8. The third kappa shape index (κ3) is 1.70. The van der Waals surface area contributed by atoms with Gasteiger partial charge in [0.15, 0.2) is 0 Å². The van der Waals surface area contributed by atoms with Crippen LogP contribution in [0.1, 0.15) is 33.1 Å². The Morgan fingerprint density at radius 1 is 1.46 bits per heavy atom. The number of hydrogen-bond acceptors (Lipinski definition) is 2. The lowest BCUT2D eigenvalue weighted by Crippen LogP contribution is -2.39. The molecule has 1 aliphatic rings. The Bertz CT molecular complexity index is 193. The van der Waals surface area contributed by atoms with Gasteiger partial charge in [-0.15, -0.1) is 0 Å². The summed E-state index contributed by atoms with van der Waals surface area (Å²) < 4.78 is 0. The summed E-state index contributed by atoms with van der Waals surface area (Å²) in [5, 5.41) is 8.85. The number of carbonyl (C=O) groups is 1. The van der Waals surface area contributed by atoms with Crippen molar-refractivity contribution >= 4 is 5.97 Å². The van der Waals surface area contributed by atoms with E-state index in [9.17, 15) is 4.79 Å².